The number of benzene rings is 1. The third-order valence-electron chi connectivity index (χ3n) is 5.86. The monoisotopic (exact) mass is 385 g/mol. The highest BCUT2D eigenvalue weighted by Crippen LogP contribution is 2.55. The van der Waals surface area contributed by atoms with Gasteiger partial charge in [0, 0.05) is 23.2 Å². The van der Waals surface area contributed by atoms with E-state index in [-0.39, 0.29) is 30.2 Å². The van der Waals surface area contributed by atoms with Gasteiger partial charge in [0.05, 0.1) is 12.7 Å². The van der Waals surface area contributed by atoms with Crippen LogP contribution in [0.25, 0.3) is 0 Å². The van der Waals surface area contributed by atoms with Crippen LogP contribution in [0.4, 0.5) is 5.82 Å². The maximum Gasteiger partial charge on any atom is 0.351 e. The van der Waals surface area contributed by atoms with Crippen molar-refractivity contribution in [3.05, 3.63) is 58.1 Å². The van der Waals surface area contributed by atoms with Gasteiger partial charge in [0.15, 0.2) is 0 Å². The van der Waals surface area contributed by atoms with Gasteiger partial charge in [-0.1, -0.05) is 25.1 Å². The summed E-state index contributed by atoms with van der Waals surface area (Å²) in [5, 5.41) is 23.0. The summed E-state index contributed by atoms with van der Waals surface area (Å²) >= 11 is 0. The van der Waals surface area contributed by atoms with Crippen LogP contribution in [-0.2, 0) is 4.74 Å². The number of aliphatic hydroxyl groups is 2. The number of anilines is 1. The van der Waals surface area contributed by atoms with E-state index in [4.69, 9.17) is 4.74 Å². The van der Waals surface area contributed by atoms with E-state index >= 15 is 0 Å². The molecule has 1 amide bonds. The number of hydrogen-bond acceptors (Lipinski definition) is 6. The second-order valence-corrected chi connectivity index (χ2v) is 7.72. The van der Waals surface area contributed by atoms with Gasteiger partial charge in [0.2, 0.25) is 0 Å². The van der Waals surface area contributed by atoms with Gasteiger partial charge in [0.25, 0.3) is 5.91 Å². The number of rotatable bonds is 4. The Hall–Kier alpha value is -2.55. The van der Waals surface area contributed by atoms with Gasteiger partial charge in [-0.05, 0) is 31.4 Å². The van der Waals surface area contributed by atoms with E-state index in [1.54, 1.807) is 37.4 Å². The smallest absolute Gasteiger partial charge is 0.351 e. The van der Waals surface area contributed by atoms with Crippen LogP contribution < -0.4 is 11.0 Å². The van der Waals surface area contributed by atoms with E-state index < -0.39 is 23.6 Å². The highest BCUT2D eigenvalue weighted by Gasteiger charge is 2.63. The van der Waals surface area contributed by atoms with Gasteiger partial charge in [-0.25, -0.2) is 4.79 Å². The number of aromatic nitrogens is 2. The summed E-state index contributed by atoms with van der Waals surface area (Å²) in [6.45, 7) is 3.40. The van der Waals surface area contributed by atoms with Crippen molar-refractivity contribution in [1.82, 2.24) is 9.55 Å². The summed E-state index contributed by atoms with van der Waals surface area (Å²) in [4.78, 5) is 29.0. The minimum Gasteiger partial charge on any atom is -0.393 e. The Balaban J connectivity index is 1.62. The first-order chi connectivity index (χ1) is 13.4. The molecule has 1 aromatic heterocycles. The summed E-state index contributed by atoms with van der Waals surface area (Å²) in [5.74, 6) is -0.391. The predicted molar refractivity (Wildman–Crippen MR) is 101 cm³/mol. The van der Waals surface area contributed by atoms with Crippen molar-refractivity contribution >= 4 is 11.7 Å². The third-order valence-corrected chi connectivity index (χ3v) is 5.86. The lowest BCUT2D eigenvalue weighted by Crippen LogP contribution is -2.42. The lowest BCUT2D eigenvalue weighted by Gasteiger charge is -2.33. The van der Waals surface area contributed by atoms with Gasteiger partial charge in [0.1, 0.15) is 17.6 Å². The van der Waals surface area contributed by atoms with Gasteiger partial charge in [-0.3, -0.25) is 9.36 Å². The van der Waals surface area contributed by atoms with E-state index in [9.17, 15) is 19.8 Å². The predicted octanol–water partition coefficient (Wildman–Crippen LogP) is 1.08. The number of nitrogens with one attached hydrogen (secondary N) is 1. The van der Waals surface area contributed by atoms with Crippen LogP contribution in [0, 0.1) is 18.8 Å². The number of carbonyl (C=O) groups excluding carboxylic acids is 1. The van der Waals surface area contributed by atoms with E-state index in [0.717, 1.165) is 0 Å². The number of fused-ring (bicyclic) bond motifs is 2. The number of aliphatic hydroxyl groups excluding tert-OH is 2. The summed E-state index contributed by atoms with van der Waals surface area (Å²) < 4.78 is 7.27. The van der Waals surface area contributed by atoms with Gasteiger partial charge in [-0.2, -0.15) is 4.98 Å². The molecule has 2 aromatic rings. The zero-order valence-electron chi connectivity index (χ0n) is 15.7. The summed E-state index contributed by atoms with van der Waals surface area (Å²) in [6, 6.07) is 8.66. The average Bonchev–Trinajstić information content (AvgIpc) is 3.11. The van der Waals surface area contributed by atoms with Crippen LogP contribution in [0.2, 0.25) is 0 Å². The normalized spacial score (nSPS) is 31.1. The molecule has 8 heteroatoms. The molecule has 0 unspecified atom stereocenters. The first-order valence-corrected chi connectivity index (χ1v) is 9.29. The molecule has 2 heterocycles. The highest BCUT2D eigenvalue weighted by molar-refractivity contribution is 6.03. The molecule has 0 radical (unpaired) electrons. The summed E-state index contributed by atoms with van der Waals surface area (Å²) in [5.41, 5.74) is -0.567. The molecule has 8 nitrogen and oxygen atoms in total. The fourth-order valence-corrected chi connectivity index (χ4v) is 4.42. The first-order valence-electron chi connectivity index (χ1n) is 9.29. The zero-order chi connectivity index (χ0) is 20.1. The Labute approximate surface area is 161 Å². The van der Waals surface area contributed by atoms with E-state index in [1.165, 1.54) is 4.57 Å². The Morgan fingerprint density at radius 1 is 1.39 bits per heavy atom. The molecule has 1 saturated heterocycles. The SMILES string of the molecule is Cc1cn([C@@H]2O[C@@]3(CO)C[C@@H](C)[C@@H]2[C@@H]3O)c(=O)nc1NC(=O)c1ccccc1. The summed E-state index contributed by atoms with van der Waals surface area (Å²) in [6.07, 6.45) is 0.565. The van der Waals surface area contributed by atoms with Crippen molar-refractivity contribution in [1.29, 1.82) is 0 Å². The molecule has 0 spiro atoms. The molecule has 1 aliphatic heterocycles. The van der Waals surface area contributed by atoms with Crippen LogP contribution in [0.15, 0.2) is 41.3 Å². The maximum absolute atomic E-state index is 12.7. The third kappa shape index (κ3) is 2.85. The van der Waals surface area contributed by atoms with Crippen molar-refractivity contribution in [3.8, 4) is 0 Å². The molecular weight excluding hydrogens is 362 g/mol. The van der Waals surface area contributed by atoms with Crippen molar-refractivity contribution in [2.45, 2.75) is 38.2 Å². The molecule has 1 aromatic carbocycles. The second-order valence-electron chi connectivity index (χ2n) is 7.72. The fourth-order valence-electron chi connectivity index (χ4n) is 4.42. The van der Waals surface area contributed by atoms with E-state index in [2.05, 4.69) is 10.3 Å². The van der Waals surface area contributed by atoms with Crippen molar-refractivity contribution < 1.29 is 19.7 Å². The molecule has 3 N–H and O–H groups in total. The molecule has 148 valence electrons. The number of ether oxygens (including phenoxy) is 1. The standard InChI is InChI=1S/C20H23N3O5/c1-11-8-20(10-24)15(25)14(11)18(28-20)23-9-12(2)16(22-19(23)27)21-17(26)13-6-4-3-5-7-13/h3-7,9,11,14-15,18,24-25H,8,10H2,1-2H3,(H,21,22,26,27)/t11-,14-,15+,18-,20-/m1/s1. The molecule has 4 rings (SSSR count). The largest absolute Gasteiger partial charge is 0.393 e. The van der Waals surface area contributed by atoms with E-state index in [0.29, 0.717) is 17.5 Å². The molecule has 1 aliphatic carbocycles. The van der Waals surface area contributed by atoms with Crippen LogP contribution in [0.3, 0.4) is 0 Å². The Morgan fingerprint density at radius 3 is 2.75 bits per heavy atom. The molecule has 28 heavy (non-hydrogen) atoms. The van der Waals surface area contributed by atoms with Crippen molar-refractivity contribution in [3.63, 3.8) is 0 Å². The van der Waals surface area contributed by atoms with Crippen LogP contribution in [-0.4, -0.2) is 44.0 Å². The Kier molecular flexibility index (Phi) is 4.57. The number of hydrogen-bond donors (Lipinski definition) is 3. The number of aryl methyl sites for hydroxylation is 1. The van der Waals surface area contributed by atoms with Gasteiger partial charge < -0.3 is 20.3 Å². The Bertz CT molecular complexity index is 960. The minimum atomic E-state index is -1.04. The average molecular weight is 385 g/mol. The molecule has 5 atom stereocenters. The van der Waals surface area contributed by atoms with Crippen LogP contribution in [0.1, 0.15) is 35.5 Å². The Morgan fingerprint density at radius 2 is 2.11 bits per heavy atom. The lowest BCUT2D eigenvalue weighted by atomic mass is 9.95. The number of carbonyl (C=O) groups is 1. The van der Waals surface area contributed by atoms with Crippen molar-refractivity contribution in [2.75, 3.05) is 11.9 Å². The quantitative estimate of drug-likeness (QED) is 0.726. The topological polar surface area (TPSA) is 114 Å². The summed E-state index contributed by atoms with van der Waals surface area (Å²) in [7, 11) is 0. The second kappa shape index (κ2) is 6.80. The maximum atomic E-state index is 12.7. The minimum absolute atomic E-state index is 0.0885. The van der Waals surface area contributed by atoms with Crippen LogP contribution in [0.5, 0.6) is 0 Å². The molecule has 2 aliphatic rings. The van der Waals surface area contributed by atoms with Crippen LogP contribution >= 0.6 is 0 Å². The lowest BCUT2D eigenvalue weighted by molar-refractivity contribution is -0.149. The van der Waals surface area contributed by atoms with Gasteiger partial charge >= 0.3 is 5.69 Å². The molecular formula is C20H23N3O5. The van der Waals surface area contributed by atoms with Gasteiger partial charge in [-0.15, -0.1) is 0 Å². The van der Waals surface area contributed by atoms with E-state index in [1.807, 2.05) is 13.0 Å². The molecule has 2 bridgehead atoms. The first kappa shape index (κ1) is 18.8. The zero-order valence-corrected chi connectivity index (χ0v) is 15.7. The highest BCUT2D eigenvalue weighted by atomic mass is 16.6. The molecule has 1 saturated carbocycles. The fraction of sp³-hybridized carbons (Fsp3) is 0.450. The molecule has 2 fully saturated rings. The number of nitrogens with zero attached hydrogens (tertiary/aromatic N) is 2. The van der Waals surface area contributed by atoms with Crippen molar-refractivity contribution in [2.24, 2.45) is 11.8 Å². The number of amides is 1.